The highest BCUT2D eigenvalue weighted by Crippen LogP contribution is 2.40. The van der Waals surface area contributed by atoms with E-state index in [1.54, 1.807) is 11.8 Å². The second-order valence-electron chi connectivity index (χ2n) is 6.76. The van der Waals surface area contributed by atoms with Crippen molar-refractivity contribution in [3.63, 3.8) is 0 Å². The number of carboxylic acid groups (broad SMARTS) is 2. The van der Waals surface area contributed by atoms with Gasteiger partial charge in [0, 0.05) is 17.4 Å². The zero-order valence-electron chi connectivity index (χ0n) is 14.4. The molecular formula is C16H27N3O5S. The fourth-order valence-corrected chi connectivity index (χ4v) is 5.20. The molecule has 0 radical (unpaired) electrons. The van der Waals surface area contributed by atoms with E-state index >= 15 is 0 Å². The molecule has 0 saturated carbocycles. The van der Waals surface area contributed by atoms with Crippen LogP contribution < -0.4 is 11.1 Å². The van der Waals surface area contributed by atoms with Crippen LogP contribution in [-0.4, -0.2) is 61.8 Å². The van der Waals surface area contributed by atoms with Crippen molar-refractivity contribution < 1.29 is 24.6 Å². The molecular weight excluding hydrogens is 346 g/mol. The van der Waals surface area contributed by atoms with Gasteiger partial charge >= 0.3 is 18.0 Å². The summed E-state index contributed by atoms with van der Waals surface area (Å²) in [7, 11) is 0. The molecule has 0 aromatic heterocycles. The van der Waals surface area contributed by atoms with E-state index in [0.717, 1.165) is 25.0 Å². The van der Waals surface area contributed by atoms with Gasteiger partial charge in [-0.15, -0.1) is 0 Å². The van der Waals surface area contributed by atoms with Gasteiger partial charge in [0.25, 0.3) is 0 Å². The fraction of sp³-hybridized carbons (Fsp3) is 0.812. The van der Waals surface area contributed by atoms with Gasteiger partial charge in [0.05, 0.1) is 12.1 Å². The van der Waals surface area contributed by atoms with Crippen LogP contribution in [0.2, 0.25) is 0 Å². The lowest BCUT2D eigenvalue weighted by atomic mass is 9.95. The van der Waals surface area contributed by atoms with Gasteiger partial charge < -0.3 is 15.5 Å². The average molecular weight is 373 g/mol. The Morgan fingerprint density at radius 3 is 2.68 bits per heavy atom. The number of hydrogen-bond donors (Lipinski definition) is 4. The number of nitrogens with zero attached hydrogens (tertiary/aromatic N) is 1. The molecule has 2 fully saturated rings. The molecule has 5 N–H and O–H groups in total. The summed E-state index contributed by atoms with van der Waals surface area (Å²) in [4.78, 5) is 36.3. The predicted octanol–water partition coefficient (Wildman–Crippen LogP) is 1.44. The third-order valence-corrected chi connectivity index (χ3v) is 6.44. The van der Waals surface area contributed by atoms with E-state index in [1.165, 1.54) is 4.90 Å². The molecule has 2 heterocycles. The molecule has 9 heteroatoms. The van der Waals surface area contributed by atoms with Crippen LogP contribution in [0.5, 0.6) is 0 Å². The highest BCUT2D eigenvalue weighted by molar-refractivity contribution is 8.00. The molecule has 2 rings (SSSR count). The molecule has 0 aromatic carbocycles. The summed E-state index contributed by atoms with van der Waals surface area (Å²) in [6.45, 7) is 1.95. The number of rotatable bonds is 10. The van der Waals surface area contributed by atoms with E-state index in [-0.39, 0.29) is 30.2 Å². The maximum atomic E-state index is 12.5. The maximum absolute atomic E-state index is 12.5. The van der Waals surface area contributed by atoms with Crippen LogP contribution in [0.3, 0.4) is 0 Å². The number of urea groups is 1. The first-order valence-corrected chi connectivity index (χ1v) is 9.81. The van der Waals surface area contributed by atoms with E-state index in [1.807, 2.05) is 6.92 Å². The Hall–Kier alpha value is -1.48. The van der Waals surface area contributed by atoms with Crippen LogP contribution in [0.4, 0.5) is 4.79 Å². The normalized spacial score (nSPS) is 27.7. The van der Waals surface area contributed by atoms with Crippen LogP contribution >= 0.6 is 11.8 Å². The summed E-state index contributed by atoms with van der Waals surface area (Å²) in [5.41, 5.74) is 4.51. The van der Waals surface area contributed by atoms with Crippen LogP contribution in [0, 0.1) is 0 Å². The quantitative estimate of drug-likeness (QED) is 0.336. The zero-order valence-corrected chi connectivity index (χ0v) is 15.3. The Labute approximate surface area is 151 Å². The van der Waals surface area contributed by atoms with Crippen molar-refractivity contribution in [1.29, 1.82) is 0 Å². The van der Waals surface area contributed by atoms with E-state index in [2.05, 4.69) is 5.32 Å². The summed E-state index contributed by atoms with van der Waals surface area (Å²) in [6, 6.07) is -0.780. The number of thioether (sulfide) groups is 1. The fourth-order valence-electron chi connectivity index (χ4n) is 3.62. The molecule has 0 spiro atoms. The lowest BCUT2D eigenvalue weighted by Crippen LogP contribution is -2.66. The number of aliphatic carboxylic acids is 2. The number of carbonyl (C=O) groups excluding carboxylic acids is 1. The number of carbonyl (C=O) groups is 3. The van der Waals surface area contributed by atoms with Gasteiger partial charge in [0.15, 0.2) is 5.66 Å². The number of nitrogens with one attached hydrogen (secondary N) is 1. The highest BCUT2D eigenvalue weighted by Gasteiger charge is 2.57. The molecule has 25 heavy (non-hydrogen) atoms. The molecule has 2 saturated heterocycles. The first-order chi connectivity index (χ1) is 11.8. The molecule has 2 amide bonds. The van der Waals surface area contributed by atoms with E-state index in [4.69, 9.17) is 10.8 Å². The molecule has 1 unspecified atom stereocenters. The zero-order chi connectivity index (χ0) is 18.6. The highest BCUT2D eigenvalue weighted by atomic mass is 32.2. The van der Waals surface area contributed by atoms with Crippen molar-refractivity contribution in [2.24, 2.45) is 5.73 Å². The molecule has 0 aliphatic carbocycles. The predicted molar refractivity (Wildman–Crippen MR) is 94.4 cm³/mol. The van der Waals surface area contributed by atoms with Gasteiger partial charge in [-0.25, -0.2) is 9.59 Å². The third-order valence-electron chi connectivity index (χ3n) is 4.95. The summed E-state index contributed by atoms with van der Waals surface area (Å²) in [5, 5.41) is 21.4. The molecule has 0 aromatic rings. The Morgan fingerprint density at radius 1 is 1.36 bits per heavy atom. The van der Waals surface area contributed by atoms with Gasteiger partial charge in [0.2, 0.25) is 0 Å². The van der Waals surface area contributed by atoms with Crippen LogP contribution in [0.25, 0.3) is 0 Å². The summed E-state index contributed by atoms with van der Waals surface area (Å²) >= 11 is 1.70. The van der Waals surface area contributed by atoms with Crippen molar-refractivity contribution in [1.82, 2.24) is 10.2 Å². The van der Waals surface area contributed by atoms with Gasteiger partial charge in [-0.05, 0) is 25.7 Å². The van der Waals surface area contributed by atoms with Crippen molar-refractivity contribution in [3.8, 4) is 0 Å². The standard InChI is InChI=1S/C16H27N3O5S/c1-2-3-8-16(17,14(22)23)19-13-10(18-15(19)24)9-25-11(13)6-4-5-7-12(20)21/h10-11,13H,2-9,17H2,1H3,(H,18,24)(H,20,21)(H,22,23)/t10-,11-,13-,16?/m1/s1. The Balaban J connectivity index is 2.11. The first-order valence-electron chi connectivity index (χ1n) is 8.76. The van der Waals surface area contributed by atoms with Gasteiger partial charge in [0.1, 0.15) is 0 Å². The topological polar surface area (TPSA) is 133 Å². The monoisotopic (exact) mass is 373 g/mol. The maximum Gasteiger partial charge on any atom is 0.344 e. The summed E-state index contributed by atoms with van der Waals surface area (Å²) in [5.74, 6) is -1.28. The minimum atomic E-state index is -1.70. The number of unbranched alkanes of at least 4 members (excludes halogenated alkanes) is 2. The number of carboxylic acids is 2. The second-order valence-corrected chi connectivity index (χ2v) is 8.03. The Bertz CT molecular complexity index is 532. The second kappa shape index (κ2) is 8.27. The van der Waals surface area contributed by atoms with Crippen LogP contribution in [-0.2, 0) is 9.59 Å². The van der Waals surface area contributed by atoms with Gasteiger partial charge in [-0.1, -0.05) is 19.8 Å². The number of amides is 2. The molecule has 8 nitrogen and oxygen atoms in total. The number of nitrogens with two attached hydrogens (primary N) is 1. The van der Waals surface area contributed by atoms with Crippen molar-refractivity contribution in [2.75, 3.05) is 5.75 Å². The van der Waals surface area contributed by atoms with Crippen molar-refractivity contribution >= 4 is 29.7 Å². The Morgan fingerprint density at radius 2 is 2.08 bits per heavy atom. The third kappa shape index (κ3) is 4.20. The SMILES string of the molecule is CCCCC(N)(C(=O)O)N1C(=O)N[C@@H]2CS[C@H](CCCCC(=O)O)[C@@H]21. The van der Waals surface area contributed by atoms with Crippen LogP contribution in [0.15, 0.2) is 0 Å². The lowest BCUT2D eigenvalue weighted by Gasteiger charge is -2.39. The molecule has 2 aliphatic heterocycles. The van der Waals surface area contributed by atoms with Crippen molar-refractivity contribution in [3.05, 3.63) is 0 Å². The molecule has 4 atom stereocenters. The number of hydrogen-bond acceptors (Lipinski definition) is 5. The minimum absolute atomic E-state index is 0.0710. The lowest BCUT2D eigenvalue weighted by molar-refractivity contribution is -0.151. The molecule has 142 valence electrons. The molecule has 2 aliphatic rings. The van der Waals surface area contributed by atoms with E-state index in [9.17, 15) is 19.5 Å². The molecule has 0 bridgehead atoms. The smallest absolute Gasteiger partial charge is 0.344 e. The van der Waals surface area contributed by atoms with Crippen molar-refractivity contribution in [2.45, 2.75) is 74.9 Å². The van der Waals surface area contributed by atoms with E-state index < -0.39 is 23.6 Å². The largest absolute Gasteiger partial charge is 0.481 e. The Kier molecular flexibility index (Phi) is 6.56. The average Bonchev–Trinajstić information content (AvgIpc) is 3.07. The van der Waals surface area contributed by atoms with Crippen LogP contribution in [0.1, 0.15) is 51.9 Å². The van der Waals surface area contributed by atoms with Gasteiger partial charge in [-0.2, -0.15) is 11.8 Å². The number of fused-ring (bicyclic) bond motifs is 1. The van der Waals surface area contributed by atoms with E-state index in [0.29, 0.717) is 12.8 Å². The first kappa shape index (κ1) is 19.8. The summed E-state index contributed by atoms with van der Waals surface area (Å²) in [6.07, 6.45) is 3.81. The summed E-state index contributed by atoms with van der Waals surface area (Å²) < 4.78 is 0. The van der Waals surface area contributed by atoms with Gasteiger partial charge in [-0.3, -0.25) is 15.4 Å². The minimum Gasteiger partial charge on any atom is -0.481 e.